The smallest absolute Gasteiger partial charge is 0.139 e. The van der Waals surface area contributed by atoms with Crippen LogP contribution in [0.4, 0.5) is 0 Å². The lowest BCUT2D eigenvalue weighted by molar-refractivity contribution is 1.32. The van der Waals surface area contributed by atoms with Crippen molar-refractivity contribution in [1.82, 2.24) is 9.97 Å². The Morgan fingerprint density at radius 2 is 1.42 bits per heavy atom. The third-order valence-electron chi connectivity index (χ3n) is 1.59. The van der Waals surface area contributed by atoms with Gasteiger partial charge in [0.15, 0.2) is 0 Å². The summed E-state index contributed by atoms with van der Waals surface area (Å²) in [7, 11) is 0. The van der Waals surface area contributed by atoms with Crippen LogP contribution in [-0.4, -0.2) is 9.97 Å². The fourth-order valence-electron chi connectivity index (χ4n) is 1.04. The van der Waals surface area contributed by atoms with Crippen LogP contribution in [0.2, 0.25) is 10.3 Å². The van der Waals surface area contributed by atoms with Crippen molar-refractivity contribution in [1.29, 1.82) is 0 Å². The third-order valence-corrected chi connectivity index (χ3v) is 2.16. The predicted octanol–water partition coefficient (Wildman–Crippen LogP) is 2.94. The zero-order valence-electron chi connectivity index (χ0n) is 5.96. The van der Waals surface area contributed by atoms with Crippen LogP contribution in [0.15, 0.2) is 24.5 Å². The Labute approximate surface area is 79.2 Å². The minimum absolute atomic E-state index is 0.394. The van der Waals surface area contributed by atoms with Gasteiger partial charge in [0.2, 0.25) is 0 Å². The van der Waals surface area contributed by atoms with Crippen LogP contribution >= 0.6 is 23.2 Å². The Kier molecular flexibility index (Phi) is 1.87. The highest BCUT2D eigenvalue weighted by Crippen LogP contribution is 2.25. The zero-order chi connectivity index (χ0) is 8.55. The number of halogens is 2. The first kappa shape index (κ1) is 7.77. The highest BCUT2D eigenvalue weighted by atomic mass is 35.5. The minimum Gasteiger partial charge on any atom is -0.244 e. The lowest BCUT2D eigenvalue weighted by Gasteiger charge is -1.99. The summed E-state index contributed by atoms with van der Waals surface area (Å²) in [5, 5.41) is 2.45. The molecule has 0 saturated heterocycles. The van der Waals surface area contributed by atoms with Gasteiger partial charge in [-0.05, 0) is 17.5 Å². The van der Waals surface area contributed by atoms with E-state index >= 15 is 0 Å². The molecule has 4 heteroatoms. The van der Waals surface area contributed by atoms with Gasteiger partial charge in [-0.25, -0.2) is 9.97 Å². The maximum atomic E-state index is 5.83. The number of hydrogen-bond donors (Lipinski definition) is 0. The topological polar surface area (TPSA) is 25.8 Å². The van der Waals surface area contributed by atoms with Crippen molar-refractivity contribution in [2.24, 2.45) is 0 Å². The summed E-state index contributed by atoms with van der Waals surface area (Å²) in [6, 6.07) is 3.68. The standard InChI is InChI=1S/C8H4Cl2N2/c9-7-6-5(1-3-11-7)2-4-12-8(6)10/h1-4H. The summed E-state index contributed by atoms with van der Waals surface area (Å²) in [5.74, 6) is 0. The summed E-state index contributed by atoms with van der Waals surface area (Å²) >= 11 is 11.7. The molecule has 0 radical (unpaired) electrons. The molecule has 0 spiro atoms. The molecule has 0 aliphatic rings. The van der Waals surface area contributed by atoms with Crippen LogP contribution in [0.25, 0.3) is 10.8 Å². The molecule has 60 valence electrons. The summed E-state index contributed by atoms with van der Waals surface area (Å²) in [4.78, 5) is 7.82. The number of hydrogen-bond acceptors (Lipinski definition) is 2. The van der Waals surface area contributed by atoms with E-state index in [-0.39, 0.29) is 0 Å². The Hall–Kier alpha value is -0.860. The molecule has 12 heavy (non-hydrogen) atoms. The van der Waals surface area contributed by atoms with Crippen LogP contribution in [0.1, 0.15) is 0 Å². The van der Waals surface area contributed by atoms with E-state index in [9.17, 15) is 0 Å². The van der Waals surface area contributed by atoms with E-state index in [1.165, 1.54) is 0 Å². The van der Waals surface area contributed by atoms with Gasteiger partial charge in [0, 0.05) is 12.4 Å². The Morgan fingerprint density at radius 3 is 1.83 bits per heavy atom. The molecule has 0 fully saturated rings. The van der Waals surface area contributed by atoms with Gasteiger partial charge < -0.3 is 0 Å². The van der Waals surface area contributed by atoms with E-state index in [1.807, 2.05) is 12.1 Å². The minimum atomic E-state index is 0.394. The normalized spacial score (nSPS) is 10.5. The quantitative estimate of drug-likeness (QED) is 0.609. The molecule has 0 N–H and O–H groups in total. The van der Waals surface area contributed by atoms with Gasteiger partial charge in [-0.2, -0.15) is 0 Å². The van der Waals surface area contributed by atoms with Gasteiger partial charge in [-0.15, -0.1) is 0 Å². The number of nitrogens with zero attached hydrogens (tertiary/aromatic N) is 2. The molecule has 0 bridgehead atoms. The van der Waals surface area contributed by atoms with E-state index in [2.05, 4.69) is 9.97 Å². The number of rotatable bonds is 0. The maximum Gasteiger partial charge on any atom is 0.139 e. The highest BCUT2D eigenvalue weighted by Gasteiger charge is 2.03. The van der Waals surface area contributed by atoms with E-state index < -0.39 is 0 Å². The molecule has 2 nitrogen and oxygen atoms in total. The van der Waals surface area contributed by atoms with Crippen LogP contribution in [0, 0.1) is 0 Å². The fourth-order valence-corrected chi connectivity index (χ4v) is 1.60. The van der Waals surface area contributed by atoms with Gasteiger partial charge in [-0.3, -0.25) is 0 Å². The zero-order valence-corrected chi connectivity index (χ0v) is 7.47. The van der Waals surface area contributed by atoms with Crippen molar-refractivity contribution >= 4 is 34.0 Å². The van der Waals surface area contributed by atoms with Gasteiger partial charge in [0.05, 0.1) is 5.39 Å². The molecule has 0 atom stereocenters. The first-order valence-electron chi connectivity index (χ1n) is 3.34. The number of pyridine rings is 2. The van der Waals surface area contributed by atoms with E-state index in [0.717, 1.165) is 5.39 Å². The van der Waals surface area contributed by atoms with Gasteiger partial charge in [-0.1, -0.05) is 23.2 Å². The molecular formula is C8H4Cl2N2. The monoisotopic (exact) mass is 198 g/mol. The molecular weight excluding hydrogens is 195 g/mol. The first-order valence-corrected chi connectivity index (χ1v) is 4.09. The fraction of sp³-hybridized carbons (Fsp3) is 0. The van der Waals surface area contributed by atoms with Gasteiger partial charge in [0.25, 0.3) is 0 Å². The van der Waals surface area contributed by atoms with Crippen molar-refractivity contribution in [2.75, 3.05) is 0 Å². The predicted molar refractivity (Wildman–Crippen MR) is 49.6 cm³/mol. The highest BCUT2D eigenvalue weighted by molar-refractivity contribution is 6.40. The summed E-state index contributed by atoms with van der Waals surface area (Å²) < 4.78 is 0. The Balaban J connectivity index is 2.96. The summed E-state index contributed by atoms with van der Waals surface area (Å²) in [5.41, 5.74) is 0. The van der Waals surface area contributed by atoms with Crippen LogP contribution in [0.5, 0.6) is 0 Å². The second-order valence-corrected chi connectivity index (χ2v) is 3.02. The lowest BCUT2D eigenvalue weighted by Crippen LogP contribution is -1.82. The van der Waals surface area contributed by atoms with Crippen LogP contribution in [0.3, 0.4) is 0 Å². The largest absolute Gasteiger partial charge is 0.244 e. The van der Waals surface area contributed by atoms with E-state index in [1.54, 1.807) is 12.4 Å². The maximum absolute atomic E-state index is 5.83. The number of aromatic nitrogens is 2. The molecule has 0 amide bonds. The average molecular weight is 199 g/mol. The van der Waals surface area contributed by atoms with Crippen molar-refractivity contribution in [3.05, 3.63) is 34.8 Å². The SMILES string of the molecule is Clc1nccc2ccnc(Cl)c12. The number of fused-ring (bicyclic) bond motifs is 1. The van der Waals surface area contributed by atoms with E-state index in [4.69, 9.17) is 23.2 Å². The lowest BCUT2D eigenvalue weighted by atomic mass is 10.2. The molecule has 0 unspecified atom stereocenters. The molecule has 2 aromatic rings. The Morgan fingerprint density at radius 1 is 0.917 bits per heavy atom. The Bertz CT molecular complexity index is 392. The van der Waals surface area contributed by atoms with Crippen molar-refractivity contribution < 1.29 is 0 Å². The van der Waals surface area contributed by atoms with Crippen LogP contribution in [-0.2, 0) is 0 Å². The molecule has 0 aliphatic carbocycles. The van der Waals surface area contributed by atoms with Crippen molar-refractivity contribution in [2.45, 2.75) is 0 Å². The third kappa shape index (κ3) is 1.13. The molecule has 2 heterocycles. The summed E-state index contributed by atoms with van der Waals surface area (Å²) in [6.07, 6.45) is 3.28. The van der Waals surface area contributed by atoms with Crippen LogP contribution < -0.4 is 0 Å². The van der Waals surface area contributed by atoms with E-state index in [0.29, 0.717) is 15.7 Å². The molecule has 0 aromatic carbocycles. The van der Waals surface area contributed by atoms with Gasteiger partial charge in [0.1, 0.15) is 10.3 Å². The average Bonchev–Trinajstić information content (AvgIpc) is 2.04. The second kappa shape index (κ2) is 2.88. The molecule has 2 rings (SSSR count). The molecule has 2 aromatic heterocycles. The molecule has 0 aliphatic heterocycles. The van der Waals surface area contributed by atoms with Crippen molar-refractivity contribution in [3.63, 3.8) is 0 Å². The van der Waals surface area contributed by atoms with Gasteiger partial charge >= 0.3 is 0 Å². The first-order chi connectivity index (χ1) is 5.79. The van der Waals surface area contributed by atoms with Crippen molar-refractivity contribution in [3.8, 4) is 0 Å². The second-order valence-electron chi connectivity index (χ2n) is 2.30. The molecule has 0 saturated carbocycles. The summed E-state index contributed by atoms with van der Waals surface area (Å²) in [6.45, 7) is 0.